The Kier molecular flexibility index (Phi) is 4.08. The van der Waals surface area contributed by atoms with E-state index >= 15 is 0 Å². The Bertz CT molecular complexity index is 1180. The molecule has 0 bridgehead atoms. The Morgan fingerprint density at radius 2 is 2.04 bits per heavy atom. The smallest absolute Gasteiger partial charge is 0.236 e. The molecular formula is C19H16ClN5O2. The van der Waals surface area contributed by atoms with Crippen LogP contribution in [0.2, 0.25) is 5.15 Å². The minimum absolute atomic E-state index is 0.170. The molecule has 7 nitrogen and oxygen atoms in total. The second-order valence-electron chi connectivity index (χ2n) is 6.22. The zero-order valence-corrected chi connectivity index (χ0v) is 15.4. The number of phenolic OH excluding ortho intramolecular Hbond substituents is 1. The molecule has 4 aromatic rings. The van der Waals surface area contributed by atoms with Gasteiger partial charge in [-0.2, -0.15) is 0 Å². The van der Waals surface area contributed by atoms with Crippen molar-refractivity contribution in [1.82, 2.24) is 19.7 Å². The zero-order chi connectivity index (χ0) is 19.1. The second-order valence-corrected chi connectivity index (χ2v) is 6.63. The predicted molar refractivity (Wildman–Crippen MR) is 104 cm³/mol. The van der Waals surface area contributed by atoms with Crippen LogP contribution < -0.4 is 5.32 Å². The lowest BCUT2D eigenvalue weighted by Gasteiger charge is -2.13. The molecule has 0 spiro atoms. The zero-order valence-electron chi connectivity index (χ0n) is 14.6. The molecule has 2 aromatic heterocycles. The van der Waals surface area contributed by atoms with E-state index in [-0.39, 0.29) is 11.7 Å². The van der Waals surface area contributed by atoms with Crippen molar-refractivity contribution in [3.8, 4) is 22.8 Å². The summed E-state index contributed by atoms with van der Waals surface area (Å²) >= 11 is 6.15. The molecule has 2 heterocycles. The maximum absolute atomic E-state index is 11.7. The summed E-state index contributed by atoms with van der Waals surface area (Å²) in [4.78, 5) is 14.8. The van der Waals surface area contributed by atoms with Crippen LogP contribution in [0.5, 0.6) is 5.75 Å². The molecule has 4 rings (SSSR count). The summed E-state index contributed by atoms with van der Waals surface area (Å²) in [5.41, 5.74) is 3.24. The Morgan fingerprint density at radius 1 is 1.22 bits per heavy atom. The summed E-state index contributed by atoms with van der Waals surface area (Å²) in [6.45, 7) is 3.29. The molecule has 2 aromatic carbocycles. The number of carbonyl (C=O) groups excluding carboxylic acids is 1. The van der Waals surface area contributed by atoms with Crippen molar-refractivity contribution < 1.29 is 9.90 Å². The standard InChI is InChI=1S/C19H16ClN5O2/c1-10-8-12(27)6-7-13(10)18-23-24-19(21-11(2)26)25(18)16-5-3-4-15-14(16)9-17(20)22-15/h3-9,22,27H,1-2H3,(H,21,24,26). The van der Waals surface area contributed by atoms with Gasteiger partial charge in [0.1, 0.15) is 10.9 Å². The van der Waals surface area contributed by atoms with Gasteiger partial charge in [-0.3, -0.25) is 14.7 Å². The summed E-state index contributed by atoms with van der Waals surface area (Å²) in [7, 11) is 0. The van der Waals surface area contributed by atoms with E-state index in [1.807, 2.05) is 31.2 Å². The van der Waals surface area contributed by atoms with E-state index in [2.05, 4.69) is 20.5 Å². The molecule has 27 heavy (non-hydrogen) atoms. The molecule has 1 amide bonds. The molecule has 8 heteroatoms. The molecule has 136 valence electrons. The third-order valence-corrected chi connectivity index (χ3v) is 4.45. The molecule has 3 N–H and O–H groups in total. The lowest BCUT2D eigenvalue weighted by Crippen LogP contribution is -2.12. The van der Waals surface area contributed by atoms with Gasteiger partial charge in [-0.25, -0.2) is 0 Å². The lowest BCUT2D eigenvalue weighted by atomic mass is 10.1. The molecule has 0 aliphatic rings. The van der Waals surface area contributed by atoms with Crippen molar-refractivity contribution in [2.24, 2.45) is 0 Å². The van der Waals surface area contributed by atoms with Gasteiger partial charge in [0, 0.05) is 23.4 Å². The Balaban J connectivity index is 2.02. The van der Waals surface area contributed by atoms with Gasteiger partial charge in [0.25, 0.3) is 0 Å². The molecular weight excluding hydrogens is 366 g/mol. The summed E-state index contributed by atoms with van der Waals surface area (Å²) in [6.07, 6.45) is 0. The minimum atomic E-state index is -0.253. The number of nitrogens with zero attached hydrogens (tertiary/aromatic N) is 3. The van der Waals surface area contributed by atoms with Crippen LogP contribution in [0, 0.1) is 6.92 Å². The number of amides is 1. The number of rotatable bonds is 3. The highest BCUT2D eigenvalue weighted by atomic mass is 35.5. The number of nitrogens with one attached hydrogen (secondary N) is 2. The van der Waals surface area contributed by atoms with Crippen LogP contribution in [0.4, 0.5) is 5.95 Å². The molecule has 0 saturated carbocycles. The van der Waals surface area contributed by atoms with Crippen LogP contribution >= 0.6 is 11.6 Å². The van der Waals surface area contributed by atoms with E-state index in [0.717, 1.165) is 27.7 Å². The first-order chi connectivity index (χ1) is 12.9. The van der Waals surface area contributed by atoms with Crippen molar-refractivity contribution in [2.75, 3.05) is 5.32 Å². The third-order valence-electron chi connectivity index (χ3n) is 4.25. The molecule has 0 unspecified atom stereocenters. The number of anilines is 1. The summed E-state index contributed by atoms with van der Waals surface area (Å²) in [5, 5.41) is 22.3. The van der Waals surface area contributed by atoms with Crippen molar-refractivity contribution >= 4 is 34.4 Å². The fourth-order valence-corrected chi connectivity index (χ4v) is 3.34. The molecule has 0 saturated heterocycles. The molecule has 0 fully saturated rings. The van der Waals surface area contributed by atoms with Gasteiger partial charge in [-0.05, 0) is 48.9 Å². The second kappa shape index (κ2) is 6.44. The number of aromatic amines is 1. The highest BCUT2D eigenvalue weighted by molar-refractivity contribution is 6.30. The average molecular weight is 382 g/mol. The summed E-state index contributed by atoms with van der Waals surface area (Å²) in [5.74, 6) is 0.761. The number of fused-ring (bicyclic) bond motifs is 1. The topological polar surface area (TPSA) is 95.8 Å². The number of phenols is 1. The molecule has 0 atom stereocenters. The first kappa shape index (κ1) is 17.1. The Labute approximate surface area is 159 Å². The number of H-pyrrole nitrogens is 1. The molecule has 0 radical (unpaired) electrons. The van der Waals surface area contributed by atoms with Gasteiger partial charge in [0.05, 0.1) is 5.69 Å². The number of hydrogen-bond acceptors (Lipinski definition) is 4. The van der Waals surface area contributed by atoms with Gasteiger partial charge < -0.3 is 10.1 Å². The van der Waals surface area contributed by atoms with E-state index < -0.39 is 0 Å². The SMILES string of the molecule is CC(=O)Nc1nnc(-c2ccc(O)cc2C)n1-c1cccc2[nH]c(Cl)cc12. The van der Waals surface area contributed by atoms with Crippen LogP contribution in [0.1, 0.15) is 12.5 Å². The highest BCUT2D eigenvalue weighted by Crippen LogP contribution is 2.33. The van der Waals surface area contributed by atoms with Crippen LogP contribution in [0.15, 0.2) is 42.5 Å². The van der Waals surface area contributed by atoms with Crippen LogP contribution in [-0.4, -0.2) is 30.8 Å². The van der Waals surface area contributed by atoms with Crippen molar-refractivity contribution in [2.45, 2.75) is 13.8 Å². The number of halogens is 1. The minimum Gasteiger partial charge on any atom is -0.508 e. The Hall–Kier alpha value is -3.32. The average Bonchev–Trinajstić information content (AvgIpc) is 3.16. The van der Waals surface area contributed by atoms with Crippen LogP contribution in [0.25, 0.3) is 28.0 Å². The maximum Gasteiger partial charge on any atom is 0.236 e. The van der Waals surface area contributed by atoms with Gasteiger partial charge in [0.2, 0.25) is 11.9 Å². The number of aromatic nitrogens is 4. The fourth-order valence-electron chi connectivity index (χ4n) is 3.12. The summed E-state index contributed by atoms with van der Waals surface area (Å²) < 4.78 is 1.77. The van der Waals surface area contributed by atoms with Crippen molar-refractivity contribution in [3.63, 3.8) is 0 Å². The van der Waals surface area contributed by atoms with E-state index in [1.54, 1.807) is 22.8 Å². The van der Waals surface area contributed by atoms with Crippen LogP contribution in [0.3, 0.4) is 0 Å². The maximum atomic E-state index is 11.7. The predicted octanol–water partition coefficient (Wildman–Crippen LogP) is 4.04. The number of hydrogen-bond donors (Lipinski definition) is 3. The van der Waals surface area contributed by atoms with Crippen molar-refractivity contribution in [1.29, 1.82) is 0 Å². The van der Waals surface area contributed by atoms with E-state index in [0.29, 0.717) is 16.9 Å². The van der Waals surface area contributed by atoms with Gasteiger partial charge >= 0.3 is 0 Å². The number of carbonyl (C=O) groups is 1. The highest BCUT2D eigenvalue weighted by Gasteiger charge is 2.20. The molecule has 0 aliphatic heterocycles. The first-order valence-electron chi connectivity index (χ1n) is 8.24. The van der Waals surface area contributed by atoms with Gasteiger partial charge in [-0.15, -0.1) is 10.2 Å². The fraction of sp³-hybridized carbons (Fsp3) is 0.105. The van der Waals surface area contributed by atoms with Crippen LogP contribution in [-0.2, 0) is 4.79 Å². The number of aryl methyl sites for hydroxylation is 1. The van der Waals surface area contributed by atoms with E-state index in [1.165, 1.54) is 6.92 Å². The molecule has 0 aliphatic carbocycles. The lowest BCUT2D eigenvalue weighted by molar-refractivity contribution is -0.114. The quantitative estimate of drug-likeness (QED) is 0.499. The number of aromatic hydroxyl groups is 1. The van der Waals surface area contributed by atoms with Gasteiger partial charge in [0.15, 0.2) is 5.82 Å². The third kappa shape index (κ3) is 3.02. The van der Waals surface area contributed by atoms with E-state index in [9.17, 15) is 9.90 Å². The normalized spacial score (nSPS) is 11.1. The van der Waals surface area contributed by atoms with Crippen molar-refractivity contribution in [3.05, 3.63) is 53.2 Å². The summed E-state index contributed by atoms with van der Waals surface area (Å²) in [6, 6.07) is 12.5. The van der Waals surface area contributed by atoms with Gasteiger partial charge in [-0.1, -0.05) is 17.7 Å². The first-order valence-corrected chi connectivity index (χ1v) is 8.62. The largest absolute Gasteiger partial charge is 0.508 e. The number of benzene rings is 2. The van der Waals surface area contributed by atoms with E-state index in [4.69, 9.17) is 11.6 Å². The monoisotopic (exact) mass is 381 g/mol. The Morgan fingerprint density at radius 3 is 2.78 bits per heavy atom.